The maximum Gasteiger partial charge on any atom is 0.346 e. The van der Waals surface area contributed by atoms with Crippen molar-refractivity contribution < 1.29 is 14.3 Å². The van der Waals surface area contributed by atoms with E-state index in [-0.39, 0.29) is 10.7 Å². The van der Waals surface area contributed by atoms with Gasteiger partial charge in [-0.15, -0.1) is 11.3 Å². The van der Waals surface area contributed by atoms with Gasteiger partial charge in [-0.3, -0.25) is 4.90 Å². The van der Waals surface area contributed by atoms with Crippen molar-refractivity contribution in [2.24, 2.45) is 0 Å². The number of carboxylic acid groups (broad SMARTS) is 1. The van der Waals surface area contributed by atoms with Crippen molar-refractivity contribution in [1.29, 1.82) is 0 Å². The zero-order chi connectivity index (χ0) is 15.6. The second-order valence-corrected chi connectivity index (χ2v) is 6.43. The lowest BCUT2D eigenvalue weighted by atomic mass is 10.1. The highest BCUT2D eigenvalue weighted by Gasteiger charge is 2.22. The van der Waals surface area contributed by atoms with E-state index < -0.39 is 5.97 Å². The predicted molar refractivity (Wildman–Crippen MR) is 84.6 cm³/mol. The molecule has 114 valence electrons. The molecule has 1 atom stereocenters. The minimum Gasteiger partial charge on any atom is -0.477 e. The first-order chi connectivity index (χ1) is 9.95. The van der Waals surface area contributed by atoms with Crippen molar-refractivity contribution >= 4 is 27.4 Å². The predicted octanol–water partition coefficient (Wildman–Crippen LogP) is 4.36. The van der Waals surface area contributed by atoms with Crippen LogP contribution in [-0.4, -0.2) is 29.1 Å². The molecule has 1 heterocycles. The van der Waals surface area contributed by atoms with Crippen molar-refractivity contribution in [1.82, 2.24) is 4.90 Å². The Hall–Kier alpha value is -1.46. The summed E-state index contributed by atoms with van der Waals surface area (Å²) in [5, 5.41) is 9.84. The maximum absolute atomic E-state index is 14.1. The quantitative estimate of drug-likeness (QED) is 0.862. The Morgan fingerprint density at radius 1 is 1.48 bits per heavy atom. The van der Waals surface area contributed by atoms with E-state index in [4.69, 9.17) is 0 Å². The molecule has 0 fully saturated rings. The first-order valence-electron chi connectivity index (χ1n) is 7.09. The average Bonchev–Trinajstić information content (AvgIpc) is 2.79. The highest BCUT2D eigenvalue weighted by Crippen LogP contribution is 2.34. The van der Waals surface area contributed by atoms with Gasteiger partial charge in [-0.2, -0.15) is 0 Å². The molecular formula is C16H20FNO2S. The monoisotopic (exact) mass is 309 g/mol. The van der Waals surface area contributed by atoms with Crippen LogP contribution in [0.2, 0.25) is 0 Å². The van der Waals surface area contributed by atoms with Crippen LogP contribution in [0.5, 0.6) is 0 Å². The molecule has 0 radical (unpaired) electrons. The smallest absolute Gasteiger partial charge is 0.346 e. The normalized spacial score (nSPS) is 13.0. The summed E-state index contributed by atoms with van der Waals surface area (Å²) in [5.74, 6) is -1.33. The van der Waals surface area contributed by atoms with Gasteiger partial charge in [0.2, 0.25) is 0 Å². The van der Waals surface area contributed by atoms with Crippen LogP contribution in [0.4, 0.5) is 4.39 Å². The summed E-state index contributed by atoms with van der Waals surface area (Å²) in [5.41, 5.74) is 0.589. The van der Waals surface area contributed by atoms with Crippen LogP contribution in [0, 0.1) is 5.82 Å². The molecule has 0 aliphatic heterocycles. The van der Waals surface area contributed by atoms with Crippen LogP contribution in [0.3, 0.4) is 0 Å². The number of carbonyl (C=O) groups is 1. The topological polar surface area (TPSA) is 40.5 Å². The third-order valence-electron chi connectivity index (χ3n) is 3.82. The van der Waals surface area contributed by atoms with E-state index >= 15 is 0 Å². The molecular weight excluding hydrogens is 289 g/mol. The van der Waals surface area contributed by atoms with Crippen LogP contribution in [-0.2, 0) is 6.54 Å². The first-order valence-corrected chi connectivity index (χ1v) is 7.90. The molecule has 0 saturated heterocycles. The molecule has 1 N–H and O–H groups in total. The molecule has 1 unspecified atom stereocenters. The van der Waals surface area contributed by atoms with E-state index in [0.29, 0.717) is 28.2 Å². The van der Waals surface area contributed by atoms with E-state index in [1.54, 1.807) is 12.1 Å². The van der Waals surface area contributed by atoms with E-state index in [2.05, 4.69) is 18.7 Å². The fraction of sp³-hybridized carbons (Fsp3) is 0.438. The third kappa shape index (κ3) is 3.24. The lowest BCUT2D eigenvalue weighted by molar-refractivity contribution is 0.0700. The SMILES string of the molecule is CCCC(C)N(C)Cc1c(C(=O)O)sc2cccc(F)c12. The molecule has 0 bridgehead atoms. The Labute approximate surface area is 128 Å². The molecule has 21 heavy (non-hydrogen) atoms. The maximum atomic E-state index is 14.1. The van der Waals surface area contributed by atoms with Gasteiger partial charge in [-0.1, -0.05) is 19.4 Å². The lowest BCUT2D eigenvalue weighted by Gasteiger charge is -2.24. The standard InChI is InChI=1S/C16H20FNO2S/c1-4-6-10(2)18(3)9-11-14-12(17)7-5-8-13(14)21-15(11)16(19)20/h5,7-8,10H,4,6,9H2,1-3H3,(H,19,20). The fourth-order valence-electron chi connectivity index (χ4n) is 2.53. The Morgan fingerprint density at radius 3 is 2.81 bits per heavy atom. The van der Waals surface area contributed by atoms with Gasteiger partial charge in [0.25, 0.3) is 0 Å². The van der Waals surface area contributed by atoms with Gasteiger partial charge >= 0.3 is 5.97 Å². The number of halogens is 1. The number of fused-ring (bicyclic) bond motifs is 1. The van der Waals surface area contributed by atoms with Crippen LogP contribution in [0.25, 0.3) is 10.1 Å². The Kier molecular flexibility index (Phi) is 4.96. The number of rotatable bonds is 6. The van der Waals surface area contributed by atoms with Gasteiger partial charge in [0.15, 0.2) is 0 Å². The summed E-state index contributed by atoms with van der Waals surface area (Å²) in [7, 11) is 1.95. The molecule has 0 spiro atoms. The summed E-state index contributed by atoms with van der Waals surface area (Å²) in [6, 6.07) is 5.11. The van der Waals surface area contributed by atoms with Crippen molar-refractivity contribution in [3.05, 3.63) is 34.5 Å². The van der Waals surface area contributed by atoms with Crippen LogP contribution in [0.1, 0.15) is 41.9 Å². The van der Waals surface area contributed by atoms with Crippen LogP contribution < -0.4 is 0 Å². The average molecular weight is 309 g/mol. The second kappa shape index (κ2) is 6.54. The van der Waals surface area contributed by atoms with Gasteiger partial charge in [0, 0.05) is 28.2 Å². The molecule has 5 heteroatoms. The lowest BCUT2D eigenvalue weighted by Crippen LogP contribution is -2.28. The van der Waals surface area contributed by atoms with Gasteiger partial charge in [0.05, 0.1) is 0 Å². The molecule has 0 aliphatic carbocycles. The van der Waals surface area contributed by atoms with E-state index in [1.165, 1.54) is 6.07 Å². The first kappa shape index (κ1) is 15.9. The number of carboxylic acids is 1. The highest BCUT2D eigenvalue weighted by molar-refractivity contribution is 7.21. The van der Waals surface area contributed by atoms with Crippen molar-refractivity contribution in [2.75, 3.05) is 7.05 Å². The van der Waals surface area contributed by atoms with Crippen LogP contribution in [0.15, 0.2) is 18.2 Å². The van der Waals surface area contributed by atoms with Crippen LogP contribution >= 0.6 is 11.3 Å². The zero-order valence-corrected chi connectivity index (χ0v) is 13.3. The van der Waals surface area contributed by atoms with E-state index in [0.717, 1.165) is 24.2 Å². The van der Waals surface area contributed by atoms with Gasteiger partial charge in [0.1, 0.15) is 10.7 Å². The third-order valence-corrected chi connectivity index (χ3v) is 5.01. The van der Waals surface area contributed by atoms with E-state index in [1.807, 2.05) is 7.05 Å². The molecule has 0 amide bonds. The molecule has 3 nitrogen and oxygen atoms in total. The summed E-state index contributed by atoms with van der Waals surface area (Å²) in [6.45, 7) is 4.67. The molecule has 1 aromatic heterocycles. The summed E-state index contributed by atoms with van der Waals surface area (Å²) in [6.07, 6.45) is 2.10. The van der Waals surface area contributed by atoms with E-state index in [9.17, 15) is 14.3 Å². The number of nitrogens with zero attached hydrogens (tertiary/aromatic N) is 1. The Balaban J connectivity index is 2.45. The zero-order valence-electron chi connectivity index (χ0n) is 12.5. The summed E-state index contributed by atoms with van der Waals surface area (Å²) in [4.78, 5) is 13.8. The number of hydrogen-bond acceptors (Lipinski definition) is 3. The molecule has 0 saturated carbocycles. The molecule has 1 aromatic carbocycles. The van der Waals surface area contributed by atoms with Gasteiger partial charge in [-0.05, 0) is 32.5 Å². The molecule has 2 rings (SSSR count). The number of thiophene rings is 1. The second-order valence-electron chi connectivity index (χ2n) is 5.38. The fourth-order valence-corrected chi connectivity index (χ4v) is 3.60. The largest absolute Gasteiger partial charge is 0.477 e. The molecule has 2 aromatic rings. The number of benzene rings is 1. The summed E-state index contributed by atoms with van der Waals surface area (Å²) < 4.78 is 14.8. The van der Waals surface area contributed by atoms with Gasteiger partial charge in [-0.25, -0.2) is 9.18 Å². The highest BCUT2D eigenvalue weighted by atomic mass is 32.1. The minimum absolute atomic E-state index is 0.241. The Morgan fingerprint density at radius 2 is 2.19 bits per heavy atom. The number of hydrogen-bond donors (Lipinski definition) is 1. The summed E-state index contributed by atoms with van der Waals surface area (Å²) >= 11 is 1.15. The van der Waals surface area contributed by atoms with Gasteiger partial charge < -0.3 is 5.11 Å². The molecule has 0 aliphatic rings. The van der Waals surface area contributed by atoms with Crippen molar-refractivity contribution in [3.8, 4) is 0 Å². The Bertz CT molecular complexity index is 653. The minimum atomic E-state index is -0.984. The van der Waals surface area contributed by atoms with Crippen molar-refractivity contribution in [3.63, 3.8) is 0 Å². The number of aromatic carboxylic acids is 1. The van der Waals surface area contributed by atoms with Crippen molar-refractivity contribution in [2.45, 2.75) is 39.3 Å².